The van der Waals surface area contributed by atoms with Gasteiger partial charge in [0.25, 0.3) is 5.91 Å². The van der Waals surface area contributed by atoms with Gasteiger partial charge in [-0.15, -0.1) is 0 Å². The van der Waals surface area contributed by atoms with Crippen molar-refractivity contribution in [1.82, 2.24) is 21.3 Å². The Kier molecular flexibility index (Phi) is 11.8. The second-order valence-corrected chi connectivity index (χ2v) is 10.4. The molecule has 0 aromatic heterocycles. The first-order valence-electron chi connectivity index (χ1n) is 13.9. The van der Waals surface area contributed by atoms with Crippen LogP contribution in [0.4, 0.5) is 0 Å². The van der Waals surface area contributed by atoms with Gasteiger partial charge in [-0.2, -0.15) is 0 Å². The van der Waals surface area contributed by atoms with Crippen molar-refractivity contribution in [3.8, 4) is 11.5 Å². The Morgan fingerprint density at radius 2 is 1.73 bits per heavy atom. The van der Waals surface area contributed by atoms with Crippen molar-refractivity contribution in [2.45, 2.75) is 64.5 Å². The summed E-state index contributed by atoms with van der Waals surface area (Å²) in [5, 5.41) is 20.7. The normalized spacial score (nSPS) is 19.6. The van der Waals surface area contributed by atoms with Gasteiger partial charge in [-0.25, -0.2) is 0 Å². The second-order valence-electron chi connectivity index (χ2n) is 10.4. The van der Waals surface area contributed by atoms with Gasteiger partial charge < -0.3 is 31.1 Å². The van der Waals surface area contributed by atoms with Crippen LogP contribution in [0.5, 0.6) is 11.5 Å². The van der Waals surface area contributed by atoms with Crippen molar-refractivity contribution in [1.29, 1.82) is 0 Å². The number of fused-ring (bicyclic) bond motifs is 1. The second kappa shape index (κ2) is 15.5. The van der Waals surface area contributed by atoms with Crippen LogP contribution in [0.2, 0.25) is 0 Å². The molecule has 0 radical (unpaired) electrons. The van der Waals surface area contributed by atoms with E-state index in [0.717, 1.165) is 31.2 Å². The summed E-state index contributed by atoms with van der Waals surface area (Å²) in [5.41, 5.74) is 1.02. The topological polar surface area (TPSA) is 146 Å². The molecule has 1 heterocycles. The van der Waals surface area contributed by atoms with Crippen molar-refractivity contribution < 1.29 is 29.0 Å². The summed E-state index contributed by atoms with van der Waals surface area (Å²) in [7, 11) is 0. The van der Waals surface area contributed by atoms with Crippen LogP contribution in [-0.4, -0.2) is 60.5 Å². The number of carbonyl (C=O) groups excluding carboxylic acids is 4. The van der Waals surface area contributed by atoms with Gasteiger partial charge in [-0.3, -0.25) is 19.2 Å². The molecule has 216 valence electrons. The number of ether oxygens (including phenoxy) is 1. The predicted molar refractivity (Wildman–Crippen MR) is 151 cm³/mol. The maximum absolute atomic E-state index is 13.3. The zero-order valence-electron chi connectivity index (χ0n) is 23.2. The van der Waals surface area contributed by atoms with Crippen LogP contribution in [0.1, 0.15) is 61.9 Å². The maximum atomic E-state index is 13.3. The number of amides is 4. The number of nitrogens with one attached hydrogen (secondary N) is 4. The number of phenols is 1. The summed E-state index contributed by atoms with van der Waals surface area (Å²) in [6, 6.07) is 11.1. The number of hydrogen-bond donors (Lipinski definition) is 5. The molecule has 0 unspecified atom stereocenters. The lowest BCUT2D eigenvalue weighted by atomic mass is 10.0. The van der Waals surface area contributed by atoms with Crippen LogP contribution in [0.15, 0.2) is 48.5 Å². The lowest BCUT2D eigenvalue weighted by Crippen LogP contribution is -2.53. The molecule has 0 bridgehead atoms. The Bertz CT molecular complexity index is 1150. The standard InChI is InChI=1S/C30H40N4O6/c1-20(2)19-32-30(39)25-18-27(36)33-24(17-21-11-13-22(35)14-12-21)29(38)31-15-7-3-4-8-16-40-26-10-6-5-9-23(26)28(37)34-25/h5-6,9-14,20,24-25,35H,3-4,7-8,15-19H2,1-2H3,(H,31,38)(H,32,39)(H,33,36)(H,34,37)/t24-,25-/m0/s1. The van der Waals surface area contributed by atoms with Gasteiger partial charge in [0, 0.05) is 19.5 Å². The average molecular weight is 553 g/mol. The van der Waals surface area contributed by atoms with Crippen LogP contribution >= 0.6 is 0 Å². The number of phenolic OH excluding ortho intramolecular Hbond substituents is 1. The molecule has 5 N–H and O–H groups in total. The van der Waals surface area contributed by atoms with Crippen LogP contribution in [0.25, 0.3) is 0 Å². The summed E-state index contributed by atoms with van der Waals surface area (Å²) in [5.74, 6) is -1.26. The van der Waals surface area contributed by atoms with Gasteiger partial charge >= 0.3 is 0 Å². The molecule has 4 amide bonds. The lowest BCUT2D eigenvalue weighted by Gasteiger charge is -2.23. The molecule has 2 aromatic carbocycles. The molecular formula is C30H40N4O6. The Hall–Kier alpha value is -4.08. The van der Waals surface area contributed by atoms with Crippen LogP contribution in [0.3, 0.4) is 0 Å². The fourth-order valence-electron chi connectivity index (χ4n) is 4.27. The van der Waals surface area contributed by atoms with E-state index < -0.39 is 29.8 Å². The molecule has 0 fully saturated rings. The number of hydrogen-bond acceptors (Lipinski definition) is 6. The monoisotopic (exact) mass is 552 g/mol. The third kappa shape index (κ3) is 9.91. The van der Waals surface area contributed by atoms with E-state index in [-0.39, 0.29) is 36.0 Å². The van der Waals surface area contributed by atoms with Crippen LogP contribution < -0.4 is 26.0 Å². The van der Waals surface area contributed by atoms with Crippen molar-refractivity contribution in [3.05, 3.63) is 59.7 Å². The molecule has 40 heavy (non-hydrogen) atoms. The molecule has 10 nitrogen and oxygen atoms in total. The first-order valence-corrected chi connectivity index (χ1v) is 13.9. The zero-order chi connectivity index (χ0) is 28.9. The number of carbonyl (C=O) groups is 4. The van der Waals surface area contributed by atoms with E-state index in [1.165, 1.54) is 12.1 Å². The van der Waals surface area contributed by atoms with Gasteiger partial charge in [0.05, 0.1) is 18.6 Å². The minimum Gasteiger partial charge on any atom is -0.508 e. The van der Waals surface area contributed by atoms with Gasteiger partial charge in [0.15, 0.2) is 0 Å². The van der Waals surface area contributed by atoms with E-state index in [1.807, 2.05) is 13.8 Å². The van der Waals surface area contributed by atoms with E-state index >= 15 is 0 Å². The Morgan fingerprint density at radius 3 is 2.48 bits per heavy atom. The molecule has 0 saturated heterocycles. The molecule has 1 aliphatic rings. The number of para-hydroxylation sites is 1. The van der Waals surface area contributed by atoms with Crippen molar-refractivity contribution >= 4 is 23.6 Å². The summed E-state index contributed by atoms with van der Waals surface area (Å²) < 4.78 is 5.87. The van der Waals surface area contributed by atoms with Gasteiger partial charge in [-0.05, 0) is 48.6 Å². The van der Waals surface area contributed by atoms with E-state index in [4.69, 9.17) is 4.74 Å². The third-order valence-electron chi connectivity index (χ3n) is 6.48. The van der Waals surface area contributed by atoms with E-state index in [9.17, 15) is 24.3 Å². The minimum atomic E-state index is -1.17. The highest BCUT2D eigenvalue weighted by Gasteiger charge is 2.28. The lowest BCUT2D eigenvalue weighted by molar-refractivity contribution is -0.131. The molecule has 2 atom stereocenters. The van der Waals surface area contributed by atoms with Crippen molar-refractivity contribution in [2.75, 3.05) is 19.7 Å². The molecule has 10 heteroatoms. The molecule has 0 spiro atoms. The van der Waals surface area contributed by atoms with Gasteiger partial charge in [-0.1, -0.05) is 51.0 Å². The quantitative estimate of drug-likeness (QED) is 0.385. The third-order valence-corrected chi connectivity index (χ3v) is 6.48. The highest BCUT2D eigenvalue weighted by Crippen LogP contribution is 2.19. The number of benzene rings is 2. The number of rotatable bonds is 5. The highest BCUT2D eigenvalue weighted by atomic mass is 16.5. The fraction of sp³-hybridized carbons (Fsp3) is 0.467. The molecule has 3 rings (SSSR count). The predicted octanol–water partition coefficient (Wildman–Crippen LogP) is 2.45. The van der Waals surface area contributed by atoms with Crippen molar-refractivity contribution in [2.24, 2.45) is 5.92 Å². The van der Waals surface area contributed by atoms with Crippen molar-refractivity contribution in [3.63, 3.8) is 0 Å². The first-order chi connectivity index (χ1) is 19.2. The zero-order valence-corrected chi connectivity index (χ0v) is 23.2. The Labute approximate surface area is 235 Å². The van der Waals surface area contributed by atoms with E-state index in [2.05, 4.69) is 21.3 Å². The summed E-state index contributed by atoms with van der Waals surface area (Å²) >= 11 is 0. The van der Waals surface area contributed by atoms with E-state index in [0.29, 0.717) is 25.4 Å². The highest BCUT2D eigenvalue weighted by molar-refractivity contribution is 6.01. The SMILES string of the molecule is CC(C)CNC(=O)[C@@H]1CC(=O)N[C@@H](Cc2ccc(O)cc2)C(=O)NCCCCCCOc2ccccc2C(=O)N1. The summed E-state index contributed by atoms with van der Waals surface area (Å²) in [6.45, 7) is 5.14. The largest absolute Gasteiger partial charge is 0.508 e. The molecule has 0 aliphatic carbocycles. The smallest absolute Gasteiger partial charge is 0.255 e. The summed E-state index contributed by atoms with van der Waals surface area (Å²) in [6.07, 6.45) is 3.15. The summed E-state index contributed by atoms with van der Waals surface area (Å²) in [4.78, 5) is 52.6. The van der Waals surface area contributed by atoms with E-state index in [1.54, 1.807) is 36.4 Å². The van der Waals surface area contributed by atoms with Gasteiger partial charge in [0.1, 0.15) is 23.6 Å². The Balaban J connectivity index is 1.84. The molecule has 0 saturated carbocycles. The Morgan fingerprint density at radius 1 is 1.00 bits per heavy atom. The number of aromatic hydroxyl groups is 1. The molecule has 1 aliphatic heterocycles. The maximum Gasteiger partial charge on any atom is 0.255 e. The average Bonchev–Trinajstić information content (AvgIpc) is 2.93. The fourth-order valence-corrected chi connectivity index (χ4v) is 4.27. The molecular weight excluding hydrogens is 512 g/mol. The minimum absolute atomic E-state index is 0.0971. The van der Waals surface area contributed by atoms with Crippen LogP contribution in [0, 0.1) is 5.92 Å². The van der Waals surface area contributed by atoms with Crippen LogP contribution in [-0.2, 0) is 20.8 Å². The molecule has 2 aromatic rings. The van der Waals surface area contributed by atoms with Gasteiger partial charge in [0.2, 0.25) is 17.7 Å². The first kappa shape index (κ1) is 30.5.